The Bertz CT molecular complexity index is 216. The van der Waals surface area contributed by atoms with Gasteiger partial charge in [0.15, 0.2) is 0 Å². The smallest absolute Gasteiger partial charge is 0.0351 e. The molecule has 0 saturated carbocycles. The summed E-state index contributed by atoms with van der Waals surface area (Å²) in [6.45, 7) is 15.8. The second-order valence-electron chi connectivity index (χ2n) is 7.15. The Morgan fingerprint density at radius 3 is 2.05 bits per heavy atom. The Morgan fingerprint density at radius 2 is 1.55 bits per heavy atom. The summed E-state index contributed by atoms with van der Waals surface area (Å²) in [5.41, 5.74) is 0. The Morgan fingerprint density at radius 1 is 0.850 bits per heavy atom. The van der Waals surface area contributed by atoms with E-state index < -0.39 is 0 Å². The molecule has 0 fully saturated rings. The molecule has 0 heterocycles. The van der Waals surface area contributed by atoms with E-state index in [4.69, 9.17) is 0 Å². The third-order valence-electron chi connectivity index (χ3n) is 4.91. The van der Waals surface area contributed by atoms with Gasteiger partial charge < -0.3 is 0 Å². The summed E-state index contributed by atoms with van der Waals surface area (Å²) in [6, 6.07) is 0. The lowest BCUT2D eigenvalue weighted by atomic mass is 9.75. The minimum Gasteiger partial charge on any atom is -0.103 e. The molecule has 0 spiro atoms. The van der Waals surface area contributed by atoms with Crippen molar-refractivity contribution in [3.8, 4) is 0 Å². The lowest BCUT2D eigenvalue weighted by molar-refractivity contribution is 0.198. The van der Waals surface area contributed by atoms with Crippen molar-refractivity contribution in [2.24, 2.45) is 23.7 Å². The van der Waals surface area contributed by atoms with Crippen LogP contribution in [0.4, 0.5) is 0 Å². The van der Waals surface area contributed by atoms with Gasteiger partial charge in [0.05, 0.1) is 0 Å². The average Bonchev–Trinajstić information content (AvgIpc) is 2.42. The Labute approximate surface area is 129 Å². The second-order valence-corrected chi connectivity index (χ2v) is 7.15. The van der Waals surface area contributed by atoms with E-state index in [0.717, 1.165) is 23.7 Å². The highest BCUT2D eigenvalue weighted by Crippen LogP contribution is 2.34. The van der Waals surface area contributed by atoms with E-state index in [2.05, 4.69) is 47.3 Å². The number of hydrogen-bond acceptors (Lipinski definition) is 0. The third kappa shape index (κ3) is 8.82. The van der Waals surface area contributed by atoms with E-state index in [1.54, 1.807) is 0 Å². The Kier molecular flexibility index (Phi) is 12.3. The molecule has 120 valence electrons. The summed E-state index contributed by atoms with van der Waals surface area (Å²) in [5, 5.41) is 0. The third-order valence-corrected chi connectivity index (χ3v) is 4.91. The molecular formula is C20H40. The van der Waals surface area contributed by atoms with Gasteiger partial charge in [-0.1, -0.05) is 79.2 Å². The summed E-state index contributed by atoms with van der Waals surface area (Å²) in [5.74, 6) is 3.57. The van der Waals surface area contributed by atoms with E-state index in [0.29, 0.717) is 0 Å². The molecule has 0 aromatic heterocycles. The zero-order chi connectivity index (χ0) is 15.4. The summed E-state index contributed by atoms with van der Waals surface area (Å²) < 4.78 is 0. The first-order valence-corrected chi connectivity index (χ1v) is 9.17. The molecule has 3 atom stereocenters. The van der Waals surface area contributed by atoms with Gasteiger partial charge >= 0.3 is 0 Å². The molecule has 0 aliphatic heterocycles. The molecule has 0 N–H and O–H groups in total. The topological polar surface area (TPSA) is 0 Å². The number of rotatable bonds is 13. The summed E-state index contributed by atoms with van der Waals surface area (Å²) in [4.78, 5) is 0. The summed E-state index contributed by atoms with van der Waals surface area (Å²) in [6.07, 6.45) is 14.4. The highest BCUT2D eigenvalue weighted by Gasteiger charge is 2.23. The normalized spacial score (nSPS) is 16.1. The highest BCUT2D eigenvalue weighted by atomic mass is 14.3. The molecule has 3 unspecified atom stereocenters. The van der Waals surface area contributed by atoms with Crippen LogP contribution in [0.3, 0.4) is 0 Å². The highest BCUT2D eigenvalue weighted by molar-refractivity contribution is 4.77. The van der Waals surface area contributed by atoms with Gasteiger partial charge in [-0.2, -0.15) is 0 Å². The molecule has 0 aliphatic carbocycles. The van der Waals surface area contributed by atoms with E-state index >= 15 is 0 Å². The molecule has 0 bridgehead atoms. The first kappa shape index (κ1) is 19.7. The van der Waals surface area contributed by atoms with E-state index in [-0.39, 0.29) is 0 Å². The molecule has 0 rings (SSSR count). The van der Waals surface area contributed by atoms with Crippen molar-refractivity contribution >= 4 is 0 Å². The van der Waals surface area contributed by atoms with Crippen molar-refractivity contribution in [1.29, 1.82) is 0 Å². The van der Waals surface area contributed by atoms with Crippen molar-refractivity contribution in [2.75, 3.05) is 0 Å². The first-order valence-electron chi connectivity index (χ1n) is 9.17. The van der Waals surface area contributed by atoms with Gasteiger partial charge in [-0.05, 0) is 42.9 Å². The average molecular weight is 281 g/mol. The lowest BCUT2D eigenvalue weighted by Crippen LogP contribution is -2.21. The molecule has 0 heteroatoms. The number of unbranched alkanes of at least 4 members (excludes halogenated alkanes) is 1. The largest absolute Gasteiger partial charge is 0.103 e. The standard InChI is InChI=1S/C20H40/c1-7-10-13-18(6)15-16-20(17(4)5)19(12-9-3)14-11-8-2/h8,17-20H,2,7,9-16H2,1,3-6H3. The molecule has 0 aliphatic rings. The number of allylic oxidation sites excluding steroid dienone is 1. The van der Waals surface area contributed by atoms with Crippen LogP contribution in [-0.4, -0.2) is 0 Å². The molecule has 20 heavy (non-hydrogen) atoms. The minimum atomic E-state index is 0.828. The molecule has 0 radical (unpaired) electrons. The van der Waals surface area contributed by atoms with Crippen LogP contribution in [0.5, 0.6) is 0 Å². The van der Waals surface area contributed by atoms with Gasteiger partial charge in [0.2, 0.25) is 0 Å². The van der Waals surface area contributed by atoms with Crippen LogP contribution >= 0.6 is 0 Å². The van der Waals surface area contributed by atoms with Crippen molar-refractivity contribution in [3.05, 3.63) is 12.7 Å². The maximum Gasteiger partial charge on any atom is -0.0351 e. The quantitative estimate of drug-likeness (QED) is 0.312. The molecule has 0 amide bonds. The Hall–Kier alpha value is -0.260. The fourth-order valence-electron chi connectivity index (χ4n) is 3.56. The fourth-order valence-corrected chi connectivity index (χ4v) is 3.56. The van der Waals surface area contributed by atoms with Crippen LogP contribution in [0, 0.1) is 23.7 Å². The molecule has 0 nitrogen and oxygen atoms in total. The van der Waals surface area contributed by atoms with Gasteiger partial charge in [0.1, 0.15) is 0 Å². The molecule has 0 aromatic carbocycles. The van der Waals surface area contributed by atoms with Crippen LogP contribution in [0.2, 0.25) is 0 Å². The van der Waals surface area contributed by atoms with Gasteiger partial charge in [-0.15, -0.1) is 6.58 Å². The monoisotopic (exact) mass is 280 g/mol. The van der Waals surface area contributed by atoms with Gasteiger partial charge in [-0.3, -0.25) is 0 Å². The SMILES string of the molecule is C=CCCC(CCC)C(CCC(C)CCCC)C(C)C. The van der Waals surface area contributed by atoms with Crippen molar-refractivity contribution < 1.29 is 0 Å². The lowest BCUT2D eigenvalue weighted by Gasteiger charge is -2.31. The van der Waals surface area contributed by atoms with Crippen LogP contribution in [0.25, 0.3) is 0 Å². The van der Waals surface area contributed by atoms with Crippen molar-refractivity contribution in [2.45, 2.75) is 92.4 Å². The van der Waals surface area contributed by atoms with Gasteiger partial charge in [-0.25, -0.2) is 0 Å². The fraction of sp³-hybridized carbons (Fsp3) is 0.900. The van der Waals surface area contributed by atoms with Crippen LogP contribution in [-0.2, 0) is 0 Å². The van der Waals surface area contributed by atoms with Crippen molar-refractivity contribution in [3.63, 3.8) is 0 Å². The molecule has 0 saturated heterocycles. The molecule has 0 aromatic rings. The maximum atomic E-state index is 3.90. The summed E-state index contributed by atoms with van der Waals surface area (Å²) >= 11 is 0. The first-order chi connectivity index (χ1) is 9.56. The molecular weight excluding hydrogens is 240 g/mol. The summed E-state index contributed by atoms with van der Waals surface area (Å²) in [7, 11) is 0. The predicted octanol–water partition coefficient (Wildman–Crippen LogP) is 7.25. The zero-order valence-corrected chi connectivity index (χ0v) is 15.0. The zero-order valence-electron chi connectivity index (χ0n) is 15.0. The predicted molar refractivity (Wildman–Crippen MR) is 94.1 cm³/mol. The van der Waals surface area contributed by atoms with Crippen LogP contribution < -0.4 is 0 Å². The minimum absolute atomic E-state index is 0.828. The van der Waals surface area contributed by atoms with E-state index in [9.17, 15) is 0 Å². The second kappa shape index (κ2) is 12.5. The Balaban J connectivity index is 4.38. The van der Waals surface area contributed by atoms with Gasteiger partial charge in [0, 0.05) is 0 Å². The van der Waals surface area contributed by atoms with Crippen LogP contribution in [0.1, 0.15) is 92.4 Å². The van der Waals surface area contributed by atoms with Gasteiger partial charge in [0.25, 0.3) is 0 Å². The van der Waals surface area contributed by atoms with Crippen LogP contribution in [0.15, 0.2) is 12.7 Å². The maximum absolute atomic E-state index is 3.90. The van der Waals surface area contributed by atoms with Crippen molar-refractivity contribution in [1.82, 2.24) is 0 Å². The number of hydrogen-bond donors (Lipinski definition) is 0. The van der Waals surface area contributed by atoms with E-state index in [1.807, 2.05) is 0 Å². The van der Waals surface area contributed by atoms with E-state index in [1.165, 1.54) is 57.8 Å².